The Morgan fingerprint density at radius 3 is 2.95 bits per heavy atom. The first-order valence-electron chi connectivity index (χ1n) is 7.41. The molecular weight excluding hydrogens is 298 g/mol. The topological polar surface area (TPSA) is 57.8 Å². The number of nitrogens with zero attached hydrogens (tertiary/aromatic N) is 1. The molecule has 0 spiro atoms. The van der Waals surface area contributed by atoms with Crippen LogP contribution in [0.1, 0.15) is 30.0 Å². The van der Waals surface area contributed by atoms with Gasteiger partial charge in [0.2, 0.25) is 0 Å². The van der Waals surface area contributed by atoms with Gasteiger partial charge in [-0.15, -0.1) is 0 Å². The van der Waals surface area contributed by atoms with Crippen LogP contribution in [0.15, 0.2) is 48.6 Å². The molecule has 1 aliphatic carbocycles. The van der Waals surface area contributed by atoms with Gasteiger partial charge < -0.3 is 10.3 Å². The number of hydrogen-bond donors (Lipinski definition) is 2. The molecule has 0 amide bonds. The first kappa shape index (κ1) is 14.9. The fraction of sp³-hybridized carbons (Fsp3) is 0.294. The Hall–Kier alpha value is -2.07. The van der Waals surface area contributed by atoms with Crippen LogP contribution in [0.2, 0.25) is 5.02 Å². The zero-order chi connectivity index (χ0) is 15.4. The average molecular weight is 316 g/mol. The second kappa shape index (κ2) is 6.79. The standard InChI is InChI=1S/C17H18ClN3O/c18-17-4-2-1-3-16(17)12-7-14(9-15(22)8-12)20-6-5-13-10-19-11-21-13/h1-4,9-12,20H,5-8H2,(H,19,21)/t12-/m1/s1. The fourth-order valence-electron chi connectivity index (χ4n) is 2.82. The lowest BCUT2D eigenvalue weighted by Gasteiger charge is -2.24. The minimum absolute atomic E-state index is 0.153. The Bertz CT molecular complexity index is 679. The van der Waals surface area contributed by atoms with E-state index in [9.17, 15) is 4.79 Å². The van der Waals surface area contributed by atoms with Crippen LogP contribution in [0.5, 0.6) is 0 Å². The molecule has 0 unspecified atom stereocenters. The highest BCUT2D eigenvalue weighted by atomic mass is 35.5. The number of rotatable bonds is 5. The van der Waals surface area contributed by atoms with Gasteiger partial charge in [-0.25, -0.2) is 4.98 Å². The van der Waals surface area contributed by atoms with Crippen molar-refractivity contribution in [2.24, 2.45) is 0 Å². The Balaban J connectivity index is 1.63. The fourth-order valence-corrected chi connectivity index (χ4v) is 3.11. The van der Waals surface area contributed by atoms with E-state index in [2.05, 4.69) is 15.3 Å². The molecule has 1 aromatic carbocycles. The number of halogens is 1. The number of aromatic nitrogens is 2. The van der Waals surface area contributed by atoms with E-state index < -0.39 is 0 Å². The molecule has 1 aromatic heterocycles. The highest BCUT2D eigenvalue weighted by Gasteiger charge is 2.23. The van der Waals surface area contributed by atoms with Gasteiger partial charge in [0.15, 0.2) is 5.78 Å². The van der Waals surface area contributed by atoms with Crippen LogP contribution in [0, 0.1) is 0 Å². The van der Waals surface area contributed by atoms with Crippen molar-refractivity contribution < 1.29 is 4.79 Å². The SMILES string of the molecule is O=C1C=C(NCCc2cnc[nH]2)C[C@@H](c2ccccc2Cl)C1. The Kier molecular flexibility index (Phi) is 4.59. The number of carbonyl (C=O) groups excluding carboxylic acids is 1. The number of ketones is 1. The van der Waals surface area contributed by atoms with Gasteiger partial charge >= 0.3 is 0 Å². The van der Waals surface area contributed by atoms with E-state index in [1.807, 2.05) is 30.5 Å². The smallest absolute Gasteiger partial charge is 0.158 e. The van der Waals surface area contributed by atoms with Gasteiger partial charge in [-0.1, -0.05) is 29.8 Å². The van der Waals surface area contributed by atoms with E-state index in [1.54, 1.807) is 12.4 Å². The summed E-state index contributed by atoms with van der Waals surface area (Å²) in [4.78, 5) is 19.0. The van der Waals surface area contributed by atoms with E-state index >= 15 is 0 Å². The molecule has 22 heavy (non-hydrogen) atoms. The molecule has 4 nitrogen and oxygen atoms in total. The van der Waals surface area contributed by atoms with E-state index in [0.717, 1.165) is 41.4 Å². The molecule has 0 fully saturated rings. The van der Waals surface area contributed by atoms with Crippen molar-refractivity contribution in [3.05, 3.63) is 64.8 Å². The van der Waals surface area contributed by atoms with Crippen molar-refractivity contribution in [3.63, 3.8) is 0 Å². The number of hydrogen-bond acceptors (Lipinski definition) is 3. The molecule has 3 rings (SSSR count). The summed E-state index contributed by atoms with van der Waals surface area (Å²) in [5.41, 5.74) is 3.12. The van der Waals surface area contributed by atoms with Gasteiger partial charge in [0.25, 0.3) is 0 Å². The number of benzene rings is 1. The molecule has 5 heteroatoms. The third-order valence-corrected chi connectivity index (χ3v) is 4.24. The maximum absolute atomic E-state index is 12.0. The van der Waals surface area contributed by atoms with Crippen LogP contribution < -0.4 is 5.32 Å². The number of imidazole rings is 1. The van der Waals surface area contributed by atoms with E-state index in [0.29, 0.717) is 6.42 Å². The van der Waals surface area contributed by atoms with Crippen molar-refractivity contribution in [2.75, 3.05) is 6.54 Å². The molecular formula is C17H18ClN3O. The maximum atomic E-state index is 12.0. The molecule has 0 aliphatic heterocycles. The van der Waals surface area contributed by atoms with Crippen molar-refractivity contribution in [2.45, 2.75) is 25.2 Å². The minimum atomic E-state index is 0.153. The predicted molar refractivity (Wildman–Crippen MR) is 86.8 cm³/mol. The summed E-state index contributed by atoms with van der Waals surface area (Å²) in [6.45, 7) is 0.774. The largest absolute Gasteiger partial charge is 0.388 e. The van der Waals surface area contributed by atoms with Crippen LogP contribution in [0.3, 0.4) is 0 Å². The van der Waals surface area contributed by atoms with Gasteiger partial charge in [0.05, 0.1) is 6.33 Å². The molecule has 2 aromatic rings. The van der Waals surface area contributed by atoms with E-state index in [1.165, 1.54) is 0 Å². The van der Waals surface area contributed by atoms with Gasteiger partial charge in [-0.2, -0.15) is 0 Å². The maximum Gasteiger partial charge on any atom is 0.158 e. The van der Waals surface area contributed by atoms with Crippen LogP contribution in [-0.4, -0.2) is 22.3 Å². The molecule has 1 atom stereocenters. The molecule has 1 heterocycles. The van der Waals surface area contributed by atoms with E-state index in [-0.39, 0.29) is 11.7 Å². The zero-order valence-electron chi connectivity index (χ0n) is 12.2. The van der Waals surface area contributed by atoms with Crippen molar-refractivity contribution in [1.82, 2.24) is 15.3 Å². The highest BCUT2D eigenvalue weighted by molar-refractivity contribution is 6.31. The number of nitrogens with one attached hydrogen (secondary N) is 2. The van der Waals surface area contributed by atoms with Crippen molar-refractivity contribution >= 4 is 17.4 Å². The normalized spacial score (nSPS) is 18.1. The lowest BCUT2D eigenvalue weighted by atomic mass is 9.85. The first-order chi connectivity index (χ1) is 10.7. The number of allylic oxidation sites excluding steroid dienone is 2. The lowest BCUT2D eigenvalue weighted by Crippen LogP contribution is -2.24. The average Bonchev–Trinajstić information content (AvgIpc) is 3.00. The summed E-state index contributed by atoms with van der Waals surface area (Å²) in [5, 5.41) is 4.09. The number of aromatic amines is 1. The zero-order valence-corrected chi connectivity index (χ0v) is 12.9. The number of H-pyrrole nitrogens is 1. The van der Waals surface area contributed by atoms with Crippen LogP contribution in [-0.2, 0) is 11.2 Å². The van der Waals surface area contributed by atoms with Crippen molar-refractivity contribution in [3.8, 4) is 0 Å². The Labute approximate surface area is 134 Å². The molecule has 0 saturated heterocycles. The Morgan fingerprint density at radius 2 is 2.18 bits per heavy atom. The van der Waals surface area contributed by atoms with Gasteiger partial charge in [0.1, 0.15) is 0 Å². The molecule has 0 radical (unpaired) electrons. The third kappa shape index (κ3) is 3.57. The van der Waals surface area contributed by atoms with Gasteiger partial charge in [0, 0.05) is 48.1 Å². The predicted octanol–water partition coefficient (Wildman–Crippen LogP) is 3.23. The van der Waals surface area contributed by atoms with Gasteiger partial charge in [-0.3, -0.25) is 4.79 Å². The molecule has 0 bridgehead atoms. The highest BCUT2D eigenvalue weighted by Crippen LogP contribution is 2.34. The van der Waals surface area contributed by atoms with Crippen LogP contribution in [0.25, 0.3) is 0 Å². The summed E-state index contributed by atoms with van der Waals surface area (Å²) in [6, 6.07) is 7.77. The monoisotopic (exact) mass is 315 g/mol. The molecule has 1 aliphatic rings. The summed E-state index contributed by atoms with van der Waals surface area (Å²) in [5.74, 6) is 0.307. The van der Waals surface area contributed by atoms with E-state index in [4.69, 9.17) is 11.6 Å². The first-order valence-corrected chi connectivity index (χ1v) is 7.79. The van der Waals surface area contributed by atoms with Crippen molar-refractivity contribution in [1.29, 1.82) is 0 Å². The second-order valence-corrected chi connectivity index (χ2v) is 5.92. The Morgan fingerprint density at radius 1 is 1.32 bits per heavy atom. The third-order valence-electron chi connectivity index (χ3n) is 3.90. The summed E-state index contributed by atoms with van der Waals surface area (Å²) in [6.07, 6.45) is 7.40. The summed E-state index contributed by atoms with van der Waals surface area (Å²) < 4.78 is 0. The van der Waals surface area contributed by atoms with Crippen LogP contribution >= 0.6 is 11.6 Å². The lowest BCUT2D eigenvalue weighted by molar-refractivity contribution is -0.115. The van der Waals surface area contributed by atoms with Gasteiger partial charge in [-0.05, 0) is 24.0 Å². The van der Waals surface area contributed by atoms with Crippen LogP contribution in [0.4, 0.5) is 0 Å². The summed E-state index contributed by atoms with van der Waals surface area (Å²) in [7, 11) is 0. The molecule has 0 saturated carbocycles. The number of carbonyl (C=O) groups is 1. The second-order valence-electron chi connectivity index (χ2n) is 5.52. The summed E-state index contributed by atoms with van der Waals surface area (Å²) >= 11 is 6.26. The molecule has 2 N–H and O–H groups in total. The quantitative estimate of drug-likeness (QED) is 0.890. The molecule has 114 valence electrons. The minimum Gasteiger partial charge on any atom is -0.388 e.